The van der Waals surface area contributed by atoms with Crippen molar-refractivity contribution in [2.45, 2.75) is 39.5 Å². The first-order valence-corrected chi connectivity index (χ1v) is 7.26. The first-order valence-electron chi connectivity index (χ1n) is 7.26. The summed E-state index contributed by atoms with van der Waals surface area (Å²) >= 11 is 0. The number of rotatable bonds is 8. The van der Waals surface area contributed by atoms with Crippen LogP contribution in [0.1, 0.15) is 38.7 Å². The zero-order valence-electron chi connectivity index (χ0n) is 12.7. The van der Waals surface area contributed by atoms with Crippen LogP contribution in [0, 0.1) is 0 Å². The molecule has 0 fully saturated rings. The van der Waals surface area contributed by atoms with Gasteiger partial charge in [-0.25, -0.2) is 0 Å². The minimum absolute atomic E-state index is 0.126. The second kappa shape index (κ2) is 8.46. The summed E-state index contributed by atoms with van der Waals surface area (Å²) in [5.74, 6) is 0.774. The van der Waals surface area contributed by atoms with Gasteiger partial charge in [0.25, 0.3) is 0 Å². The van der Waals surface area contributed by atoms with Gasteiger partial charge in [-0.15, -0.1) is 0 Å². The highest BCUT2D eigenvalue weighted by atomic mass is 16.5. The molecule has 0 aromatic heterocycles. The fourth-order valence-electron chi connectivity index (χ4n) is 2.19. The smallest absolute Gasteiger partial charge is 0.222 e. The first kappa shape index (κ1) is 16.3. The van der Waals surface area contributed by atoms with Crippen LogP contribution in [0.25, 0.3) is 0 Å². The molecule has 4 heteroatoms. The molecule has 0 bridgehead atoms. The Hall–Kier alpha value is -1.71. The Bertz CT molecular complexity index is 426. The predicted molar refractivity (Wildman–Crippen MR) is 80.1 cm³/mol. The molecule has 1 N–H and O–H groups in total. The molecule has 0 saturated heterocycles. The molecule has 0 saturated carbocycles. The maximum Gasteiger partial charge on any atom is 0.222 e. The number of hydrogen-bond donors (Lipinski definition) is 1. The summed E-state index contributed by atoms with van der Waals surface area (Å²) in [7, 11) is 1.52. The van der Waals surface area contributed by atoms with Crippen molar-refractivity contribution in [3.63, 3.8) is 0 Å². The second-order valence-electron chi connectivity index (χ2n) is 4.89. The van der Waals surface area contributed by atoms with Crippen LogP contribution in [-0.4, -0.2) is 36.1 Å². The zero-order valence-corrected chi connectivity index (χ0v) is 12.7. The van der Waals surface area contributed by atoms with Crippen LogP contribution in [0.3, 0.4) is 0 Å². The van der Waals surface area contributed by atoms with E-state index in [2.05, 4.69) is 13.8 Å². The van der Waals surface area contributed by atoms with Crippen molar-refractivity contribution in [2.75, 3.05) is 20.2 Å². The number of methoxy groups -OCH3 is 1. The molecule has 0 unspecified atom stereocenters. The monoisotopic (exact) mass is 279 g/mol. The summed E-state index contributed by atoms with van der Waals surface area (Å²) in [5.41, 5.74) is 1.00. The van der Waals surface area contributed by atoms with Gasteiger partial charge in [0.1, 0.15) is 0 Å². The lowest BCUT2D eigenvalue weighted by Crippen LogP contribution is -2.32. The highest BCUT2D eigenvalue weighted by Gasteiger charge is 2.12. The lowest BCUT2D eigenvalue weighted by molar-refractivity contribution is -0.131. The molecule has 1 amide bonds. The van der Waals surface area contributed by atoms with Gasteiger partial charge in [-0.1, -0.05) is 19.9 Å². The van der Waals surface area contributed by atoms with Crippen LogP contribution in [-0.2, 0) is 11.2 Å². The number of amides is 1. The molecule has 112 valence electrons. The summed E-state index contributed by atoms with van der Waals surface area (Å²) in [6, 6.07) is 5.22. The van der Waals surface area contributed by atoms with Crippen molar-refractivity contribution in [3.05, 3.63) is 23.8 Å². The van der Waals surface area contributed by atoms with E-state index in [1.807, 2.05) is 11.0 Å². The largest absolute Gasteiger partial charge is 0.504 e. The molecule has 0 aliphatic heterocycles. The minimum Gasteiger partial charge on any atom is -0.504 e. The summed E-state index contributed by atoms with van der Waals surface area (Å²) < 4.78 is 5.07. The number of aromatic hydroxyl groups is 1. The summed E-state index contributed by atoms with van der Waals surface area (Å²) in [6.45, 7) is 5.82. The number of aryl methyl sites for hydroxylation is 1. The van der Waals surface area contributed by atoms with Crippen LogP contribution >= 0.6 is 0 Å². The van der Waals surface area contributed by atoms with E-state index in [9.17, 15) is 9.90 Å². The number of phenolic OH excluding ortho intramolecular Hbond substituents is 1. The van der Waals surface area contributed by atoms with Gasteiger partial charge in [-0.2, -0.15) is 0 Å². The van der Waals surface area contributed by atoms with Crippen molar-refractivity contribution in [1.29, 1.82) is 0 Å². The van der Waals surface area contributed by atoms with Gasteiger partial charge >= 0.3 is 0 Å². The second-order valence-corrected chi connectivity index (χ2v) is 4.89. The van der Waals surface area contributed by atoms with Crippen molar-refractivity contribution in [3.8, 4) is 11.5 Å². The average Bonchev–Trinajstić information content (AvgIpc) is 2.45. The molecule has 0 radical (unpaired) electrons. The molecule has 1 aromatic rings. The van der Waals surface area contributed by atoms with Gasteiger partial charge in [-0.05, 0) is 37.0 Å². The summed E-state index contributed by atoms with van der Waals surface area (Å²) in [6.07, 6.45) is 3.13. The Balaban J connectivity index is 2.59. The SMILES string of the molecule is CCCN(CCC)C(=O)CCc1ccc(O)c(OC)c1. The van der Waals surface area contributed by atoms with E-state index < -0.39 is 0 Å². The van der Waals surface area contributed by atoms with E-state index in [0.717, 1.165) is 31.5 Å². The standard InChI is InChI=1S/C16H25NO3/c1-4-10-17(11-5-2)16(19)9-7-13-6-8-14(18)15(12-13)20-3/h6,8,12,18H,4-5,7,9-11H2,1-3H3. The molecular weight excluding hydrogens is 254 g/mol. The molecule has 20 heavy (non-hydrogen) atoms. The van der Waals surface area contributed by atoms with E-state index in [1.54, 1.807) is 12.1 Å². The molecule has 1 aromatic carbocycles. The molecular formula is C16H25NO3. The third-order valence-corrected chi connectivity index (χ3v) is 3.21. The van der Waals surface area contributed by atoms with Crippen LogP contribution in [0.4, 0.5) is 0 Å². The van der Waals surface area contributed by atoms with Crippen LogP contribution in [0.2, 0.25) is 0 Å². The highest BCUT2D eigenvalue weighted by Crippen LogP contribution is 2.26. The molecule has 0 aliphatic rings. The van der Waals surface area contributed by atoms with Crippen LogP contribution in [0.15, 0.2) is 18.2 Å². The number of ether oxygens (including phenoxy) is 1. The lowest BCUT2D eigenvalue weighted by atomic mass is 10.1. The molecule has 1 rings (SSSR count). The van der Waals surface area contributed by atoms with Gasteiger partial charge in [0.15, 0.2) is 11.5 Å². The van der Waals surface area contributed by atoms with Gasteiger partial charge in [0, 0.05) is 19.5 Å². The maximum atomic E-state index is 12.2. The average molecular weight is 279 g/mol. The third-order valence-electron chi connectivity index (χ3n) is 3.21. The fraction of sp³-hybridized carbons (Fsp3) is 0.562. The molecule has 0 aliphatic carbocycles. The number of nitrogens with zero attached hydrogens (tertiary/aromatic N) is 1. The minimum atomic E-state index is 0.126. The van der Waals surface area contributed by atoms with E-state index >= 15 is 0 Å². The highest BCUT2D eigenvalue weighted by molar-refractivity contribution is 5.76. The summed E-state index contributed by atoms with van der Waals surface area (Å²) in [4.78, 5) is 14.1. The van der Waals surface area contributed by atoms with E-state index in [0.29, 0.717) is 18.6 Å². The van der Waals surface area contributed by atoms with Crippen molar-refractivity contribution in [2.24, 2.45) is 0 Å². The first-order chi connectivity index (χ1) is 9.62. The van der Waals surface area contributed by atoms with Crippen molar-refractivity contribution >= 4 is 5.91 Å². The molecule has 0 atom stereocenters. The zero-order chi connectivity index (χ0) is 15.0. The van der Waals surface area contributed by atoms with Gasteiger partial charge in [-0.3, -0.25) is 4.79 Å². The number of carbonyl (C=O) groups excluding carboxylic acids is 1. The predicted octanol–water partition coefficient (Wildman–Crippen LogP) is 2.98. The van der Waals surface area contributed by atoms with E-state index in [1.165, 1.54) is 7.11 Å². The molecule has 0 spiro atoms. The Morgan fingerprint density at radius 3 is 2.45 bits per heavy atom. The maximum absolute atomic E-state index is 12.2. The number of phenols is 1. The Morgan fingerprint density at radius 1 is 1.25 bits per heavy atom. The fourth-order valence-corrected chi connectivity index (χ4v) is 2.19. The van der Waals surface area contributed by atoms with Crippen molar-refractivity contribution in [1.82, 2.24) is 4.90 Å². The van der Waals surface area contributed by atoms with Gasteiger partial charge in [0.05, 0.1) is 7.11 Å². The van der Waals surface area contributed by atoms with Crippen LogP contribution < -0.4 is 4.74 Å². The number of carbonyl (C=O) groups is 1. The van der Waals surface area contributed by atoms with E-state index in [4.69, 9.17) is 4.74 Å². The Kier molecular flexibility index (Phi) is 6.91. The molecule has 4 nitrogen and oxygen atoms in total. The topological polar surface area (TPSA) is 49.8 Å². The van der Waals surface area contributed by atoms with Gasteiger partial charge in [0.2, 0.25) is 5.91 Å². The third kappa shape index (κ3) is 4.76. The van der Waals surface area contributed by atoms with E-state index in [-0.39, 0.29) is 11.7 Å². The molecule has 0 heterocycles. The Morgan fingerprint density at radius 2 is 1.90 bits per heavy atom. The normalized spacial score (nSPS) is 10.3. The lowest BCUT2D eigenvalue weighted by Gasteiger charge is -2.21. The van der Waals surface area contributed by atoms with Crippen LogP contribution in [0.5, 0.6) is 11.5 Å². The summed E-state index contributed by atoms with van der Waals surface area (Å²) in [5, 5.41) is 9.54. The van der Waals surface area contributed by atoms with Gasteiger partial charge < -0.3 is 14.7 Å². The number of hydrogen-bond acceptors (Lipinski definition) is 3. The van der Waals surface area contributed by atoms with Crippen molar-refractivity contribution < 1.29 is 14.6 Å². The Labute approximate surface area is 121 Å². The quantitative estimate of drug-likeness (QED) is 0.796. The number of benzene rings is 1.